The smallest absolute Gasteiger partial charge is 0.0681 e. The summed E-state index contributed by atoms with van der Waals surface area (Å²) < 4.78 is 0. The second-order valence-corrected chi connectivity index (χ2v) is 4.85. The van der Waals surface area contributed by atoms with E-state index in [0.29, 0.717) is 0 Å². The van der Waals surface area contributed by atoms with Crippen LogP contribution in [0.25, 0.3) is 6.08 Å². The van der Waals surface area contributed by atoms with E-state index in [-0.39, 0.29) is 12.6 Å². The summed E-state index contributed by atoms with van der Waals surface area (Å²) in [7, 11) is 0. The summed E-state index contributed by atoms with van der Waals surface area (Å²) in [4.78, 5) is 0. The lowest BCUT2D eigenvalue weighted by Gasteiger charge is -2.13. The van der Waals surface area contributed by atoms with Crippen LogP contribution in [0, 0.1) is 0 Å². The van der Waals surface area contributed by atoms with Crippen LogP contribution < -0.4 is 5.32 Å². The maximum atomic E-state index is 9.15. The zero-order chi connectivity index (χ0) is 14.2. The number of benzene rings is 2. The summed E-state index contributed by atoms with van der Waals surface area (Å²) in [5.41, 5.74) is 3.37. The summed E-state index contributed by atoms with van der Waals surface area (Å²) in [6.45, 7) is 3.04. The van der Waals surface area contributed by atoms with Gasteiger partial charge in [-0.25, -0.2) is 0 Å². The Hall–Kier alpha value is -1.90. The Morgan fingerprint density at radius 3 is 2.65 bits per heavy atom. The quantitative estimate of drug-likeness (QED) is 0.839. The van der Waals surface area contributed by atoms with Crippen LogP contribution in [-0.4, -0.2) is 11.7 Å². The Labute approximate surface area is 120 Å². The predicted molar refractivity (Wildman–Crippen MR) is 84.3 cm³/mol. The fourth-order valence-electron chi connectivity index (χ4n) is 2.08. The minimum atomic E-state index is 0.0917. The molecule has 2 N–H and O–H groups in total. The number of hydrogen-bond acceptors (Lipinski definition) is 2. The van der Waals surface area contributed by atoms with E-state index < -0.39 is 0 Å². The Bertz CT molecular complexity index is 548. The van der Waals surface area contributed by atoms with Crippen LogP contribution in [0.4, 0.5) is 0 Å². The number of rotatable bonds is 6. The maximum absolute atomic E-state index is 9.15. The third kappa shape index (κ3) is 4.34. The van der Waals surface area contributed by atoms with Crippen molar-refractivity contribution in [3.8, 4) is 0 Å². The summed E-state index contributed by atoms with van der Waals surface area (Å²) in [6, 6.07) is 18.6. The number of aliphatic hydroxyl groups excluding tert-OH is 1. The zero-order valence-electron chi connectivity index (χ0n) is 11.8. The third-order valence-electron chi connectivity index (χ3n) is 3.29. The van der Waals surface area contributed by atoms with Crippen LogP contribution in [0.15, 0.2) is 60.7 Å². The van der Waals surface area contributed by atoms with Gasteiger partial charge in [0.15, 0.2) is 0 Å². The van der Waals surface area contributed by atoms with Crippen molar-refractivity contribution in [3.63, 3.8) is 0 Å². The molecule has 1 unspecified atom stereocenters. The zero-order valence-corrected chi connectivity index (χ0v) is 11.8. The highest BCUT2D eigenvalue weighted by Gasteiger charge is 2.03. The molecule has 0 heterocycles. The highest BCUT2D eigenvalue weighted by molar-refractivity contribution is 5.48. The molecular formula is C18H21NO. The molecule has 0 aliphatic heterocycles. The van der Waals surface area contributed by atoms with Crippen LogP contribution in [-0.2, 0) is 6.61 Å². The molecule has 0 saturated carbocycles. The summed E-state index contributed by atoms with van der Waals surface area (Å²) >= 11 is 0. The average Bonchev–Trinajstić information content (AvgIpc) is 2.52. The molecule has 2 rings (SSSR count). The van der Waals surface area contributed by atoms with Gasteiger partial charge in [-0.2, -0.15) is 0 Å². The molecule has 2 heteroatoms. The van der Waals surface area contributed by atoms with Gasteiger partial charge in [0.05, 0.1) is 6.61 Å². The standard InChI is InChI=1S/C18H21NO/c1-15(18-11-5-9-17(13-18)14-20)19-12-6-10-16-7-3-2-4-8-16/h2-11,13,15,19-20H,12,14H2,1H3/b10-6+. The summed E-state index contributed by atoms with van der Waals surface area (Å²) in [5.74, 6) is 0. The van der Waals surface area contributed by atoms with Crippen molar-refractivity contribution < 1.29 is 5.11 Å². The minimum Gasteiger partial charge on any atom is -0.392 e. The van der Waals surface area contributed by atoms with Crippen molar-refractivity contribution >= 4 is 6.08 Å². The van der Waals surface area contributed by atoms with Crippen LogP contribution in [0.2, 0.25) is 0 Å². The monoisotopic (exact) mass is 267 g/mol. The van der Waals surface area contributed by atoms with Crippen molar-refractivity contribution in [2.45, 2.75) is 19.6 Å². The lowest BCUT2D eigenvalue weighted by molar-refractivity contribution is 0.281. The molecular weight excluding hydrogens is 246 g/mol. The molecule has 2 aromatic carbocycles. The molecule has 0 saturated heterocycles. The van der Waals surface area contributed by atoms with Crippen molar-refractivity contribution in [2.75, 3.05) is 6.54 Å². The van der Waals surface area contributed by atoms with Crippen LogP contribution in [0.5, 0.6) is 0 Å². The first-order valence-electron chi connectivity index (χ1n) is 6.94. The van der Waals surface area contributed by atoms with Gasteiger partial charge in [-0.1, -0.05) is 66.7 Å². The molecule has 0 spiro atoms. The maximum Gasteiger partial charge on any atom is 0.0681 e. The molecule has 0 aromatic heterocycles. The van der Waals surface area contributed by atoms with Gasteiger partial charge in [-0.3, -0.25) is 0 Å². The van der Waals surface area contributed by atoms with Gasteiger partial charge in [0.1, 0.15) is 0 Å². The van der Waals surface area contributed by atoms with E-state index in [1.54, 1.807) is 0 Å². The molecule has 0 aliphatic rings. The molecule has 104 valence electrons. The van der Waals surface area contributed by atoms with Crippen molar-refractivity contribution in [3.05, 3.63) is 77.4 Å². The highest BCUT2D eigenvalue weighted by atomic mass is 16.3. The molecule has 0 bridgehead atoms. The van der Waals surface area contributed by atoms with Crippen molar-refractivity contribution in [1.29, 1.82) is 0 Å². The largest absolute Gasteiger partial charge is 0.392 e. The number of nitrogens with one attached hydrogen (secondary N) is 1. The van der Waals surface area contributed by atoms with Gasteiger partial charge in [-0.15, -0.1) is 0 Å². The molecule has 0 fully saturated rings. The first-order valence-corrected chi connectivity index (χ1v) is 6.94. The van der Waals surface area contributed by atoms with Gasteiger partial charge in [0, 0.05) is 12.6 Å². The van der Waals surface area contributed by atoms with Crippen LogP contribution >= 0.6 is 0 Å². The van der Waals surface area contributed by atoms with Gasteiger partial charge < -0.3 is 10.4 Å². The molecule has 0 amide bonds. The molecule has 20 heavy (non-hydrogen) atoms. The van der Waals surface area contributed by atoms with E-state index in [1.165, 1.54) is 11.1 Å². The highest BCUT2D eigenvalue weighted by Crippen LogP contribution is 2.14. The third-order valence-corrected chi connectivity index (χ3v) is 3.29. The van der Waals surface area contributed by atoms with E-state index >= 15 is 0 Å². The van der Waals surface area contributed by atoms with E-state index in [0.717, 1.165) is 12.1 Å². The Kier molecular flexibility index (Phi) is 5.54. The average molecular weight is 267 g/mol. The molecule has 2 aromatic rings. The minimum absolute atomic E-state index is 0.0917. The first-order chi connectivity index (χ1) is 9.79. The lowest BCUT2D eigenvalue weighted by atomic mass is 10.1. The number of hydrogen-bond donors (Lipinski definition) is 2. The van der Waals surface area contributed by atoms with E-state index in [1.807, 2.05) is 36.4 Å². The first kappa shape index (κ1) is 14.5. The molecule has 2 nitrogen and oxygen atoms in total. The molecule has 0 aliphatic carbocycles. The van der Waals surface area contributed by atoms with Gasteiger partial charge in [0.2, 0.25) is 0 Å². The molecule has 0 radical (unpaired) electrons. The second-order valence-electron chi connectivity index (χ2n) is 4.85. The van der Waals surface area contributed by atoms with Crippen LogP contribution in [0.3, 0.4) is 0 Å². The topological polar surface area (TPSA) is 32.3 Å². The van der Waals surface area contributed by atoms with Crippen LogP contribution in [0.1, 0.15) is 29.7 Å². The van der Waals surface area contributed by atoms with E-state index in [9.17, 15) is 0 Å². The van der Waals surface area contributed by atoms with Gasteiger partial charge in [-0.05, 0) is 23.6 Å². The van der Waals surface area contributed by atoms with Gasteiger partial charge in [0.25, 0.3) is 0 Å². The SMILES string of the molecule is CC(NC/C=C/c1ccccc1)c1cccc(CO)c1. The predicted octanol–water partition coefficient (Wildman–Crippen LogP) is 3.54. The summed E-state index contributed by atoms with van der Waals surface area (Å²) in [6.07, 6.45) is 4.24. The fourth-order valence-corrected chi connectivity index (χ4v) is 2.08. The van der Waals surface area contributed by atoms with Crippen molar-refractivity contribution in [2.24, 2.45) is 0 Å². The van der Waals surface area contributed by atoms with Gasteiger partial charge >= 0.3 is 0 Å². The summed E-state index contributed by atoms with van der Waals surface area (Å²) in [5, 5.41) is 12.6. The Balaban J connectivity index is 1.85. The fraction of sp³-hybridized carbons (Fsp3) is 0.222. The van der Waals surface area contributed by atoms with Crippen molar-refractivity contribution in [1.82, 2.24) is 5.32 Å². The lowest BCUT2D eigenvalue weighted by Crippen LogP contribution is -2.18. The normalized spacial score (nSPS) is 12.7. The second kappa shape index (κ2) is 7.63. The molecule has 1 atom stereocenters. The van der Waals surface area contributed by atoms with E-state index in [2.05, 4.69) is 42.6 Å². The Morgan fingerprint density at radius 1 is 1.10 bits per heavy atom. The Morgan fingerprint density at radius 2 is 1.90 bits per heavy atom. The number of aliphatic hydroxyl groups is 1. The van der Waals surface area contributed by atoms with E-state index in [4.69, 9.17) is 5.11 Å².